The number of para-hydroxylation sites is 2. The molecule has 2 heteroatoms. The van der Waals surface area contributed by atoms with E-state index < -0.39 is 0 Å². The second-order valence-electron chi connectivity index (χ2n) is 8.41. The van der Waals surface area contributed by atoms with Crippen LogP contribution in [0.15, 0.2) is 83.6 Å². The van der Waals surface area contributed by atoms with Crippen molar-refractivity contribution < 1.29 is 4.58 Å². The lowest BCUT2D eigenvalue weighted by atomic mass is 10.0. The first-order valence-corrected chi connectivity index (χ1v) is 10.6. The van der Waals surface area contributed by atoms with Crippen LogP contribution < -0.4 is 4.90 Å². The van der Waals surface area contributed by atoms with E-state index in [-0.39, 0.29) is 0 Å². The molecule has 148 valence electrons. The number of likely N-dealkylation sites (N-methyl/N-ethyl adjacent to an activating group) is 1. The Morgan fingerprint density at radius 3 is 2.38 bits per heavy atom. The van der Waals surface area contributed by atoms with Crippen molar-refractivity contribution in [3.8, 4) is 0 Å². The first kappa shape index (κ1) is 19.4. The second kappa shape index (κ2) is 7.87. The zero-order valence-electron chi connectivity index (χ0n) is 18.2. The van der Waals surface area contributed by atoms with Crippen LogP contribution in [0.2, 0.25) is 0 Å². The summed E-state index contributed by atoms with van der Waals surface area (Å²) < 4.78 is 2.50. The van der Waals surface area contributed by atoms with E-state index in [9.17, 15) is 0 Å². The molecule has 2 nitrogen and oxygen atoms in total. The summed E-state index contributed by atoms with van der Waals surface area (Å²) in [6.45, 7) is 9.05. The number of rotatable bonds is 4. The summed E-state index contributed by atoms with van der Waals surface area (Å²) in [4.78, 5) is 2.30. The van der Waals surface area contributed by atoms with Gasteiger partial charge in [-0.3, -0.25) is 0 Å². The average Bonchev–Trinajstić information content (AvgIpc) is 3.26. The molecule has 29 heavy (non-hydrogen) atoms. The van der Waals surface area contributed by atoms with Gasteiger partial charge in [0.05, 0.1) is 6.42 Å². The molecule has 0 saturated heterocycles. The van der Waals surface area contributed by atoms with Gasteiger partial charge in [-0.05, 0) is 51.0 Å². The number of hydrogen-bond donors (Lipinski definition) is 0. The molecule has 0 radical (unpaired) electrons. The lowest BCUT2D eigenvalue weighted by Gasteiger charge is -2.13. The molecule has 0 fully saturated rings. The fraction of sp³-hybridized carbons (Fsp3) is 0.296. The smallest absolute Gasteiger partial charge is 0.209 e. The summed E-state index contributed by atoms with van der Waals surface area (Å²) in [5.74, 6) is 0. The van der Waals surface area contributed by atoms with E-state index in [1.54, 1.807) is 0 Å². The van der Waals surface area contributed by atoms with Gasteiger partial charge in [0.15, 0.2) is 11.8 Å². The van der Waals surface area contributed by atoms with Gasteiger partial charge >= 0.3 is 0 Å². The Labute approximate surface area is 175 Å². The average molecular weight is 384 g/mol. The van der Waals surface area contributed by atoms with Gasteiger partial charge in [0.1, 0.15) is 0 Å². The molecule has 2 heterocycles. The first-order chi connectivity index (χ1) is 14.0. The van der Waals surface area contributed by atoms with Gasteiger partial charge < -0.3 is 4.90 Å². The third kappa shape index (κ3) is 3.60. The molecule has 0 aromatic heterocycles. The standard InChI is InChI=1S/C27H31N2/c1-19(2)29-26-16-9-7-13-23(26)18-27(29)21(4)20(3)11-10-14-24-17-22-12-6-8-15-25(22)28(24)5/h6-16,19H,17-18H2,1-5H3/q+1. The highest BCUT2D eigenvalue weighted by Gasteiger charge is 2.32. The van der Waals surface area contributed by atoms with Crippen LogP contribution in [0.1, 0.15) is 38.8 Å². The van der Waals surface area contributed by atoms with E-state index in [4.69, 9.17) is 0 Å². The van der Waals surface area contributed by atoms with Crippen molar-refractivity contribution in [2.45, 2.75) is 46.6 Å². The van der Waals surface area contributed by atoms with Gasteiger partial charge in [0, 0.05) is 42.1 Å². The molecule has 0 atom stereocenters. The van der Waals surface area contributed by atoms with Crippen LogP contribution in [0.3, 0.4) is 0 Å². The molecule has 2 aliphatic heterocycles. The van der Waals surface area contributed by atoms with Crippen LogP contribution in [-0.2, 0) is 12.8 Å². The lowest BCUT2D eigenvalue weighted by molar-refractivity contribution is -0.472. The van der Waals surface area contributed by atoms with Crippen molar-refractivity contribution in [1.29, 1.82) is 0 Å². The fourth-order valence-corrected chi connectivity index (χ4v) is 4.49. The maximum atomic E-state index is 2.50. The molecule has 0 saturated carbocycles. The van der Waals surface area contributed by atoms with Crippen LogP contribution in [0, 0.1) is 0 Å². The van der Waals surface area contributed by atoms with E-state index in [2.05, 4.69) is 111 Å². The molecule has 2 aromatic carbocycles. The van der Waals surface area contributed by atoms with Crippen LogP contribution in [0.25, 0.3) is 0 Å². The summed E-state index contributed by atoms with van der Waals surface area (Å²) in [5.41, 5.74) is 11.0. The normalized spacial score (nSPS) is 18.1. The van der Waals surface area contributed by atoms with Crippen molar-refractivity contribution in [1.82, 2.24) is 0 Å². The molecule has 2 aromatic rings. The summed E-state index contributed by atoms with van der Waals surface area (Å²) in [5, 5.41) is 0. The number of nitrogens with zero attached hydrogens (tertiary/aromatic N) is 2. The summed E-state index contributed by atoms with van der Waals surface area (Å²) in [7, 11) is 2.16. The Bertz CT molecular complexity index is 1060. The molecule has 0 amide bonds. The maximum Gasteiger partial charge on any atom is 0.209 e. The lowest BCUT2D eigenvalue weighted by Crippen LogP contribution is -2.21. The van der Waals surface area contributed by atoms with Gasteiger partial charge in [-0.1, -0.05) is 48.6 Å². The minimum absolute atomic E-state index is 0.452. The molecule has 0 N–H and O–H groups in total. The highest BCUT2D eigenvalue weighted by molar-refractivity contribution is 6.01. The fourth-order valence-electron chi connectivity index (χ4n) is 4.49. The molecular formula is C27H31N2+. The minimum Gasteiger partial charge on any atom is -0.348 e. The summed E-state index contributed by atoms with van der Waals surface area (Å²) in [6, 6.07) is 17.9. The zero-order chi connectivity index (χ0) is 20.5. The Kier molecular flexibility index (Phi) is 5.27. The first-order valence-electron chi connectivity index (χ1n) is 10.6. The molecule has 4 rings (SSSR count). The van der Waals surface area contributed by atoms with Gasteiger partial charge in [0.2, 0.25) is 5.69 Å². The maximum absolute atomic E-state index is 2.50. The third-order valence-corrected chi connectivity index (χ3v) is 6.23. The predicted molar refractivity (Wildman–Crippen MR) is 124 cm³/mol. The second-order valence-corrected chi connectivity index (χ2v) is 8.41. The summed E-state index contributed by atoms with van der Waals surface area (Å²) in [6.07, 6.45) is 8.74. The number of anilines is 1. The number of fused-ring (bicyclic) bond motifs is 2. The van der Waals surface area contributed by atoms with Crippen LogP contribution in [0.4, 0.5) is 11.4 Å². The highest BCUT2D eigenvalue weighted by Crippen LogP contribution is 2.33. The SMILES string of the molecule is C/C(C=CC=C1Cc2ccccc2N1C)=C(\C)C1=[N+](C(C)C)c2ccccc2C1. The molecule has 0 aliphatic carbocycles. The molecule has 0 spiro atoms. The van der Waals surface area contributed by atoms with Crippen LogP contribution in [0.5, 0.6) is 0 Å². The van der Waals surface area contributed by atoms with E-state index in [0.29, 0.717) is 6.04 Å². The minimum atomic E-state index is 0.452. The van der Waals surface area contributed by atoms with Crippen LogP contribution in [-0.4, -0.2) is 23.4 Å². The van der Waals surface area contributed by atoms with E-state index in [1.807, 2.05) is 0 Å². The van der Waals surface area contributed by atoms with Crippen molar-refractivity contribution >= 4 is 17.1 Å². The third-order valence-electron chi connectivity index (χ3n) is 6.23. The Morgan fingerprint density at radius 2 is 1.66 bits per heavy atom. The zero-order valence-corrected chi connectivity index (χ0v) is 18.2. The van der Waals surface area contributed by atoms with Crippen molar-refractivity contribution in [3.05, 3.63) is 94.7 Å². The van der Waals surface area contributed by atoms with Gasteiger partial charge in [-0.2, -0.15) is 4.58 Å². The molecule has 0 bridgehead atoms. The van der Waals surface area contributed by atoms with Gasteiger partial charge in [-0.15, -0.1) is 0 Å². The largest absolute Gasteiger partial charge is 0.348 e. The molecular weight excluding hydrogens is 352 g/mol. The number of hydrogen-bond acceptors (Lipinski definition) is 1. The Hall–Kier alpha value is -2.87. The van der Waals surface area contributed by atoms with Crippen LogP contribution >= 0.6 is 0 Å². The molecule has 2 aliphatic rings. The number of allylic oxidation sites excluding steroid dienone is 6. The van der Waals surface area contributed by atoms with E-state index >= 15 is 0 Å². The van der Waals surface area contributed by atoms with Crippen molar-refractivity contribution in [3.63, 3.8) is 0 Å². The van der Waals surface area contributed by atoms with E-state index in [1.165, 1.54) is 45.1 Å². The monoisotopic (exact) mass is 383 g/mol. The van der Waals surface area contributed by atoms with Crippen molar-refractivity contribution in [2.75, 3.05) is 11.9 Å². The Morgan fingerprint density at radius 1 is 0.966 bits per heavy atom. The van der Waals surface area contributed by atoms with Crippen molar-refractivity contribution in [2.24, 2.45) is 0 Å². The summed E-state index contributed by atoms with van der Waals surface area (Å²) >= 11 is 0. The van der Waals surface area contributed by atoms with Gasteiger partial charge in [0.25, 0.3) is 0 Å². The van der Waals surface area contributed by atoms with E-state index in [0.717, 1.165) is 12.8 Å². The highest BCUT2D eigenvalue weighted by atomic mass is 15.1. The quantitative estimate of drug-likeness (QED) is 0.450. The topological polar surface area (TPSA) is 6.25 Å². The molecule has 0 unspecified atom stereocenters. The Balaban J connectivity index is 1.59. The van der Waals surface area contributed by atoms with Gasteiger partial charge in [-0.25, -0.2) is 0 Å². The number of benzene rings is 2. The predicted octanol–water partition coefficient (Wildman–Crippen LogP) is 6.21.